The van der Waals surface area contributed by atoms with Crippen molar-refractivity contribution in [3.05, 3.63) is 52.7 Å². The van der Waals surface area contributed by atoms with Gasteiger partial charge in [-0.25, -0.2) is 4.98 Å². The van der Waals surface area contributed by atoms with Crippen molar-refractivity contribution in [2.45, 2.75) is 46.6 Å². The minimum atomic E-state index is -0.0915. The number of aliphatic hydroxyl groups is 1. The van der Waals surface area contributed by atoms with E-state index in [9.17, 15) is 5.11 Å². The van der Waals surface area contributed by atoms with Gasteiger partial charge in [-0.15, -0.1) is 0 Å². The molecule has 0 aliphatic rings. The van der Waals surface area contributed by atoms with Gasteiger partial charge in [0, 0.05) is 11.5 Å². The molecule has 0 radical (unpaired) electrons. The Hall–Kier alpha value is -1.87. The second-order valence-corrected chi connectivity index (χ2v) is 6.53. The van der Waals surface area contributed by atoms with E-state index in [1.54, 1.807) is 6.07 Å². The van der Waals surface area contributed by atoms with E-state index >= 15 is 0 Å². The maximum absolute atomic E-state index is 9.42. The van der Waals surface area contributed by atoms with E-state index in [4.69, 9.17) is 4.74 Å². The molecule has 1 aromatic carbocycles. The van der Waals surface area contributed by atoms with Crippen LogP contribution in [0.1, 0.15) is 43.2 Å². The molecule has 3 nitrogen and oxygen atoms in total. The lowest BCUT2D eigenvalue weighted by Gasteiger charge is -2.19. The third-order valence-corrected chi connectivity index (χ3v) is 3.23. The Morgan fingerprint density at radius 3 is 2.14 bits per heavy atom. The highest BCUT2D eigenvalue weighted by atomic mass is 16.5. The summed E-state index contributed by atoms with van der Waals surface area (Å²) in [6, 6.07) is 9.78. The number of nitrogens with zero attached hydrogens (tertiary/aromatic N) is 1. The minimum Gasteiger partial charge on any atom is -0.439 e. The molecule has 21 heavy (non-hydrogen) atoms. The molecule has 3 heteroatoms. The fourth-order valence-corrected chi connectivity index (χ4v) is 2.20. The minimum absolute atomic E-state index is 0.0190. The molecule has 0 aliphatic carbocycles. The number of hydrogen-bond acceptors (Lipinski definition) is 3. The smallest absolute Gasteiger partial charge is 0.219 e. The molecule has 0 amide bonds. The van der Waals surface area contributed by atoms with Crippen LogP contribution in [0.4, 0.5) is 0 Å². The van der Waals surface area contributed by atoms with Crippen LogP contribution < -0.4 is 4.74 Å². The van der Waals surface area contributed by atoms with Gasteiger partial charge in [0.25, 0.3) is 0 Å². The average Bonchev–Trinajstić information content (AvgIpc) is 2.36. The van der Waals surface area contributed by atoms with Gasteiger partial charge in [0.05, 0.1) is 12.3 Å². The van der Waals surface area contributed by atoms with Crippen LogP contribution in [0, 0.1) is 13.8 Å². The summed E-state index contributed by atoms with van der Waals surface area (Å²) in [4.78, 5) is 4.57. The topological polar surface area (TPSA) is 42.4 Å². The number of aliphatic hydroxyl groups excluding tert-OH is 1. The molecule has 0 saturated carbocycles. The van der Waals surface area contributed by atoms with Crippen LogP contribution in [-0.4, -0.2) is 10.1 Å². The van der Waals surface area contributed by atoms with E-state index in [1.165, 1.54) is 0 Å². The summed E-state index contributed by atoms with van der Waals surface area (Å²) in [7, 11) is 0. The highest BCUT2D eigenvalue weighted by Crippen LogP contribution is 2.27. The first kappa shape index (κ1) is 15.5. The molecule has 0 unspecified atom stereocenters. The lowest BCUT2D eigenvalue weighted by atomic mass is 9.91. The molecule has 112 valence electrons. The quantitative estimate of drug-likeness (QED) is 0.915. The van der Waals surface area contributed by atoms with Gasteiger partial charge in [0.1, 0.15) is 5.75 Å². The Balaban J connectivity index is 2.39. The van der Waals surface area contributed by atoms with E-state index in [1.807, 2.05) is 32.0 Å². The summed E-state index contributed by atoms with van der Waals surface area (Å²) in [5.74, 6) is 1.30. The molecule has 2 aromatic rings. The van der Waals surface area contributed by atoms with E-state index in [2.05, 4.69) is 31.8 Å². The molecule has 0 fully saturated rings. The van der Waals surface area contributed by atoms with E-state index in [0.717, 1.165) is 28.1 Å². The molecule has 0 saturated heterocycles. The van der Waals surface area contributed by atoms with Crippen molar-refractivity contribution < 1.29 is 9.84 Å². The number of rotatable bonds is 3. The van der Waals surface area contributed by atoms with Crippen LogP contribution in [0.25, 0.3) is 0 Å². The van der Waals surface area contributed by atoms with Gasteiger partial charge in [-0.1, -0.05) is 26.8 Å². The second kappa shape index (κ2) is 5.86. The third-order valence-electron chi connectivity index (χ3n) is 3.23. The first-order valence-electron chi connectivity index (χ1n) is 7.16. The predicted molar refractivity (Wildman–Crippen MR) is 84.8 cm³/mol. The first-order valence-corrected chi connectivity index (χ1v) is 7.16. The molecule has 0 bridgehead atoms. The Morgan fingerprint density at radius 2 is 1.62 bits per heavy atom. The van der Waals surface area contributed by atoms with Crippen molar-refractivity contribution in [1.29, 1.82) is 0 Å². The normalized spacial score (nSPS) is 11.5. The van der Waals surface area contributed by atoms with Crippen LogP contribution in [0.3, 0.4) is 0 Å². The van der Waals surface area contributed by atoms with Crippen molar-refractivity contribution in [2.24, 2.45) is 0 Å². The standard InChI is InChI=1S/C18H23NO2/c1-12-6-13(2)8-15(7-12)21-17-10-14(11-20)9-16(19-17)18(3,4)5/h6-10,20H,11H2,1-5H3. The van der Waals surface area contributed by atoms with Crippen molar-refractivity contribution in [3.63, 3.8) is 0 Å². The molecule has 0 atom stereocenters. The van der Waals surface area contributed by atoms with Crippen LogP contribution in [0.5, 0.6) is 11.6 Å². The fourth-order valence-electron chi connectivity index (χ4n) is 2.20. The maximum atomic E-state index is 9.42. The zero-order valence-corrected chi connectivity index (χ0v) is 13.4. The lowest BCUT2D eigenvalue weighted by molar-refractivity contribution is 0.280. The molecule has 0 aliphatic heterocycles. The Labute approximate surface area is 126 Å². The second-order valence-electron chi connectivity index (χ2n) is 6.53. The number of pyridine rings is 1. The summed E-state index contributed by atoms with van der Waals surface area (Å²) in [6.07, 6.45) is 0. The summed E-state index contributed by atoms with van der Waals surface area (Å²) in [5.41, 5.74) is 3.94. The van der Waals surface area contributed by atoms with Crippen molar-refractivity contribution in [1.82, 2.24) is 4.98 Å². The van der Waals surface area contributed by atoms with Crippen LogP contribution in [0.2, 0.25) is 0 Å². The molecular weight excluding hydrogens is 262 g/mol. The molecule has 1 heterocycles. The van der Waals surface area contributed by atoms with Crippen molar-refractivity contribution in [2.75, 3.05) is 0 Å². The molecular formula is C18H23NO2. The highest BCUT2D eigenvalue weighted by Gasteiger charge is 2.17. The number of ether oxygens (including phenoxy) is 1. The summed E-state index contributed by atoms with van der Waals surface area (Å²) >= 11 is 0. The Morgan fingerprint density at radius 1 is 1.00 bits per heavy atom. The molecule has 1 N–H and O–H groups in total. The van der Waals surface area contributed by atoms with Gasteiger partial charge in [-0.3, -0.25) is 0 Å². The van der Waals surface area contributed by atoms with Crippen LogP contribution >= 0.6 is 0 Å². The van der Waals surface area contributed by atoms with Crippen LogP contribution in [-0.2, 0) is 12.0 Å². The van der Waals surface area contributed by atoms with Gasteiger partial charge in [-0.2, -0.15) is 0 Å². The first-order chi connectivity index (χ1) is 9.77. The van der Waals surface area contributed by atoms with Gasteiger partial charge >= 0.3 is 0 Å². The largest absolute Gasteiger partial charge is 0.439 e. The van der Waals surface area contributed by atoms with Gasteiger partial charge in [0.15, 0.2) is 0 Å². The van der Waals surface area contributed by atoms with Gasteiger partial charge < -0.3 is 9.84 Å². The van der Waals surface area contributed by atoms with Gasteiger partial charge in [0.2, 0.25) is 5.88 Å². The SMILES string of the molecule is Cc1cc(C)cc(Oc2cc(CO)cc(C(C)(C)C)n2)c1. The Bertz CT molecular complexity index is 622. The van der Waals surface area contributed by atoms with Crippen LogP contribution in [0.15, 0.2) is 30.3 Å². The van der Waals surface area contributed by atoms with Crippen molar-refractivity contribution >= 4 is 0 Å². The molecule has 0 spiro atoms. The summed E-state index contributed by atoms with van der Waals surface area (Å²) in [6.45, 7) is 10.3. The Kier molecular flexibility index (Phi) is 4.33. The van der Waals surface area contributed by atoms with Gasteiger partial charge in [-0.05, 0) is 48.7 Å². The lowest BCUT2D eigenvalue weighted by Crippen LogP contribution is -2.14. The number of aromatic nitrogens is 1. The fraction of sp³-hybridized carbons (Fsp3) is 0.389. The highest BCUT2D eigenvalue weighted by molar-refractivity contribution is 5.37. The molecule has 1 aromatic heterocycles. The monoisotopic (exact) mass is 285 g/mol. The van der Waals surface area contributed by atoms with E-state index in [0.29, 0.717) is 5.88 Å². The predicted octanol–water partition coefficient (Wildman–Crippen LogP) is 4.28. The zero-order chi connectivity index (χ0) is 15.6. The zero-order valence-electron chi connectivity index (χ0n) is 13.4. The number of aryl methyl sites for hydroxylation is 2. The number of benzene rings is 1. The average molecular weight is 285 g/mol. The van der Waals surface area contributed by atoms with E-state index < -0.39 is 0 Å². The van der Waals surface area contributed by atoms with E-state index in [-0.39, 0.29) is 12.0 Å². The number of hydrogen-bond donors (Lipinski definition) is 1. The molecule has 2 rings (SSSR count). The maximum Gasteiger partial charge on any atom is 0.219 e. The summed E-state index contributed by atoms with van der Waals surface area (Å²) < 4.78 is 5.90. The third kappa shape index (κ3) is 4.05. The van der Waals surface area contributed by atoms with Crippen molar-refractivity contribution in [3.8, 4) is 11.6 Å². The summed E-state index contributed by atoms with van der Waals surface area (Å²) in [5, 5.41) is 9.42.